The van der Waals surface area contributed by atoms with E-state index in [0.29, 0.717) is 22.8 Å². The molecule has 26 heavy (non-hydrogen) atoms. The van der Waals surface area contributed by atoms with Crippen LogP contribution in [0.25, 0.3) is 0 Å². The van der Waals surface area contributed by atoms with Gasteiger partial charge in [-0.2, -0.15) is 0 Å². The van der Waals surface area contributed by atoms with Gasteiger partial charge in [-0.1, -0.05) is 38.4 Å². The molecule has 0 heterocycles. The predicted molar refractivity (Wildman–Crippen MR) is 109 cm³/mol. The molecule has 0 saturated heterocycles. The zero-order valence-corrected chi connectivity index (χ0v) is 16.7. The third kappa shape index (κ3) is 6.39. The quantitative estimate of drug-likeness (QED) is 0.547. The van der Waals surface area contributed by atoms with Crippen molar-refractivity contribution in [3.63, 3.8) is 0 Å². The minimum atomic E-state index is -0.489. The van der Waals surface area contributed by atoms with Gasteiger partial charge in [0.15, 0.2) is 0 Å². The Balaban J connectivity index is 1.84. The van der Waals surface area contributed by atoms with Crippen molar-refractivity contribution < 1.29 is 9.59 Å². The van der Waals surface area contributed by atoms with Crippen LogP contribution in [-0.2, 0) is 4.79 Å². The van der Waals surface area contributed by atoms with Crippen LogP contribution in [0.1, 0.15) is 31.1 Å². The average Bonchev–Trinajstić information content (AvgIpc) is 2.59. The Morgan fingerprint density at radius 3 is 2.42 bits per heavy atom. The highest BCUT2D eigenvalue weighted by Gasteiger charge is 2.21. The van der Waals surface area contributed by atoms with E-state index in [4.69, 9.17) is 11.6 Å². The summed E-state index contributed by atoms with van der Waals surface area (Å²) in [5.74, 6) is 0.511. The number of halogens is 1. The van der Waals surface area contributed by atoms with Gasteiger partial charge >= 0.3 is 0 Å². The molecule has 0 atom stereocenters. The molecular weight excluding hydrogens is 368 g/mol. The highest BCUT2D eigenvalue weighted by molar-refractivity contribution is 7.99. The Morgan fingerprint density at radius 1 is 1.08 bits per heavy atom. The molecule has 4 nitrogen and oxygen atoms in total. The number of amides is 2. The SMILES string of the molecule is CC(C)(C)C(=O)Nc1cccc(C(=O)NCCSc2ccc(Cl)cc2)c1. The van der Waals surface area contributed by atoms with Crippen LogP contribution in [0.3, 0.4) is 0 Å². The van der Waals surface area contributed by atoms with Crippen LogP contribution < -0.4 is 10.6 Å². The molecule has 0 aliphatic heterocycles. The fraction of sp³-hybridized carbons (Fsp3) is 0.300. The zero-order valence-electron chi connectivity index (χ0n) is 15.1. The van der Waals surface area contributed by atoms with Gasteiger partial charge in [0.25, 0.3) is 5.91 Å². The molecule has 138 valence electrons. The summed E-state index contributed by atoms with van der Waals surface area (Å²) in [6, 6.07) is 14.6. The highest BCUT2D eigenvalue weighted by atomic mass is 35.5. The molecule has 6 heteroatoms. The van der Waals surface area contributed by atoms with Crippen molar-refractivity contribution in [2.45, 2.75) is 25.7 Å². The summed E-state index contributed by atoms with van der Waals surface area (Å²) in [4.78, 5) is 25.5. The van der Waals surface area contributed by atoms with E-state index in [-0.39, 0.29) is 11.8 Å². The maximum atomic E-state index is 12.3. The molecule has 0 aliphatic rings. The molecule has 0 radical (unpaired) electrons. The summed E-state index contributed by atoms with van der Waals surface area (Å²) in [6.45, 7) is 6.08. The largest absolute Gasteiger partial charge is 0.351 e. The molecule has 2 aromatic rings. The number of rotatable bonds is 6. The normalized spacial score (nSPS) is 11.1. The summed E-state index contributed by atoms with van der Waals surface area (Å²) in [5, 5.41) is 6.44. The minimum Gasteiger partial charge on any atom is -0.351 e. The van der Waals surface area contributed by atoms with Gasteiger partial charge in [0.2, 0.25) is 5.91 Å². The highest BCUT2D eigenvalue weighted by Crippen LogP contribution is 2.20. The van der Waals surface area contributed by atoms with E-state index in [1.807, 2.05) is 45.0 Å². The van der Waals surface area contributed by atoms with Crippen LogP contribution in [0.5, 0.6) is 0 Å². The summed E-state index contributed by atoms with van der Waals surface area (Å²) < 4.78 is 0. The van der Waals surface area contributed by atoms with Gasteiger partial charge in [-0.05, 0) is 42.5 Å². The summed E-state index contributed by atoms with van der Waals surface area (Å²) in [5.41, 5.74) is 0.651. The molecule has 0 spiro atoms. The summed E-state index contributed by atoms with van der Waals surface area (Å²) >= 11 is 7.51. The van der Waals surface area contributed by atoms with Gasteiger partial charge in [-0.25, -0.2) is 0 Å². The third-order valence-corrected chi connectivity index (χ3v) is 4.80. The Labute approximate surface area is 163 Å². The van der Waals surface area contributed by atoms with Gasteiger partial charge in [-0.15, -0.1) is 11.8 Å². The lowest BCUT2D eigenvalue weighted by atomic mass is 9.95. The molecule has 2 aromatic carbocycles. The van der Waals surface area contributed by atoms with Crippen molar-refractivity contribution >= 4 is 40.9 Å². The molecule has 0 saturated carbocycles. The van der Waals surface area contributed by atoms with E-state index >= 15 is 0 Å². The maximum absolute atomic E-state index is 12.3. The van der Waals surface area contributed by atoms with Crippen LogP contribution in [-0.4, -0.2) is 24.1 Å². The zero-order chi connectivity index (χ0) is 19.2. The van der Waals surface area contributed by atoms with E-state index in [2.05, 4.69) is 10.6 Å². The third-order valence-electron chi connectivity index (χ3n) is 3.53. The predicted octanol–water partition coefficient (Wildman–Crippen LogP) is 4.85. The van der Waals surface area contributed by atoms with Gasteiger partial charge in [0.05, 0.1) is 0 Å². The van der Waals surface area contributed by atoms with Crippen LogP contribution in [0, 0.1) is 5.41 Å². The van der Waals surface area contributed by atoms with E-state index in [9.17, 15) is 9.59 Å². The molecular formula is C20H23ClN2O2S. The standard InChI is InChI=1S/C20H23ClN2O2S/c1-20(2,3)19(25)23-16-6-4-5-14(13-16)18(24)22-11-12-26-17-9-7-15(21)8-10-17/h4-10,13H,11-12H2,1-3H3,(H,22,24)(H,23,25). The second-order valence-electron chi connectivity index (χ2n) is 6.84. The molecule has 0 bridgehead atoms. The maximum Gasteiger partial charge on any atom is 0.251 e. The van der Waals surface area contributed by atoms with Crippen molar-refractivity contribution in [3.8, 4) is 0 Å². The first kappa shape index (κ1) is 20.3. The van der Waals surface area contributed by atoms with Crippen molar-refractivity contribution in [2.75, 3.05) is 17.6 Å². The second-order valence-corrected chi connectivity index (χ2v) is 8.45. The number of benzene rings is 2. The molecule has 2 rings (SSSR count). The number of hydrogen-bond acceptors (Lipinski definition) is 3. The van der Waals surface area contributed by atoms with Crippen molar-refractivity contribution in [3.05, 3.63) is 59.1 Å². The Kier molecular flexibility index (Phi) is 7.12. The van der Waals surface area contributed by atoms with E-state index in [0.717, 1.165) is 10.6 Å². The lowest BCUT2D eigenvalue weighted by Crippen LogP contribution is -2.28. The van der Waals surface area contributed by atoms with E-state index < -0.39 is 5.41 Å². The summed E-state index contributed by atoms with van der Waals surface area (Å²) in [7, 11) is 0. The van der Waals surface area contributed by atoms with E-state index in [1.54, 1.807) is 36.0 Å². The van der Waals surface area contributed by atoms with Gasteiger partial charge < -0.3 is 10.6 Å². The van der Waals surface area contributed by atoms with Gasteiger partial charge in [0, 0.05) is 38.9 Å². The molecule has 2 N–H and O–H groups in total. The second kappa shape index (κ2) is 9.10. The number of carbonyl (C=O) groups excluding carboxylic acids is 2. The molecule has 2 amide bonds. The number of anilines is 1. The first-order valence-electron chi connectivity index (χ1n) is 8.34. The van der Waals surface area contributed by atoms with Crippen LogP contribution in [0.15, 0.2) is 53.4 Å². The Morgan fingerprint density at radius 2 is 1.77 bits per heavy atom. The van der Waals surface area contributed by atoms with Crippen LogP contribution in [0.4, 0.5) is 5.69 Å². The van der Waals surface area contributed by atoms with Crippen LogP contribution in [0.2, 0.25) is 5.02 Å². The van der Waals surface area contributed by atoms with Gasteiger partial charge in [-0.3, -0.25) is 9.59 Å². The number of hydrogen-bond donors (Lipinski definition) is 2. The van der Waals surface area contributed by atoms with Crippen LogP contribution >= 0.6 is 23.4 Å². The molecule has 0 aliphatic carbocycles. The average molecular weight is 391 g/mol. The summed E-state index contributed by atoms with van der Waals surface area (Å²) in [6.07, 6.45) is 0. The smallest absolute Gasteiger partial charge is 0.251 e. The Hall–Kier alpha value is -1.98. The number of thioether (sulfide) groups is 1. The first-order valence-corrected chi connectivity index (χ1v) is 9.70. The van der Waals surface area contributed by atoms with Crippen molar-refractivity contribution in [2.24, 2.45) is 5.41 Å². The van der Waals surface area contributed by atoms with Gasteiger partial charge in [0.1, 0.15) is 0 Å². The minimum absolute atomic E-state index is 0.0885. The lowest BCUT2D eigenvalue weighted by Gasteiger charge is -2.18. The molecule has 0 unspecified atom stereocenters. The first-order chi connectivity index (χ1) is 12.3. The number of nitrogens with one attached hydrogen (secondary N) is 2. The molecule has 0 aromatic heterocycles. The van der Waals surface area contributed by atoms with E-state index in [1.165, 1.54) is 0 Å². The van der Waals surface area contributed by atoms with Crippen molar-refractivity contribution in [1.29, 1.82) is 0 Å². The molecule has 0 fully saturated rings. The fourth-order valence-electron chi connectivity index (χ4n) is 2.02. The fourth-order valence-corrected chi connectivity index (χ4v) is 2.92. The topological polar surface area (TPSA) is 58.2 Å². The number of carbonyl (C=O) groups is 2. The Bertz CT molecular complexity index is 770. The van der Waals surface area contributed by atoms with Crippen molar-refractivity contribution in [1.82, 2.24) is 5.32 Å². The lowest BCUT2D eigenvalue weighted by molar-refractivity contribution is -0.123. The monoisotopic (exact) mass is 390 g/mol.